The van der Waals surface area contributed by atoms with E-state index in [1.54, 1.807) is 7.11 Å². The molecule has 1 aromatic carbocycles. The number of likely N-dealkylation sites (tertiary alicyclic amines) is 1. The molecule has 1 fully saturated rings. The molecule has 0 unspecified atom stereocenters. The Hall–Kier alpha value is -1.71. The molecule has 0 amide bonds. The molecule has 1 heterocycles. The summed E-state index contributed by atoms with van der Waals surface area (Å²) in [6, 6.07) is 8.07. The van der Waals surface area contributed by atoms with Gasteiger partial charge in [0.15, 0.2) is 5.96 Å². The predicted octanol–water partition coefficient (Wildman–Crippen LogP) is 2.43. The van der Waals surface area contributed by atoms with Crippen LogP contribution in [0.5, 0.6) is 5.75 Å². The van der Waals surface area contributed by atoms with E-state index >= 15 is 0 Å². The third kappa shape index (κ3) is 4.15. The van der Waals surface area contributed by atoms with Crippen LogP contribution in [0.25, 0.3) is 0 Å². The average molecular weight is 275 g/mol. The van der Waals surface area contributed by atoms with Crippen LogP contribution < -0.4 is 10.5 Å². The number of benzene rings is 1. The second kappa shape index (κ2) is 7.78. The van der Waals surface area contributed by atoms with Crippen LogP contribution in [0, 0.1) is 0 Å². The van der Waals surface area contributed by atoms with Crippen molar-refractivity contribution in [2.45, 2.75) is 32.1 Å². The maximum Gasteiger partial charge on any atom is 0.191 e. The lowest BCUT2D eigenvalue weighted by molar-refractivity contribution is 0.409. The monoisotopic (exact) mass is 275 g/mol. The van der Waals surface area contributed by atoms with Gasteiger partial charge in [0.2, 0.25) is 0 Å². The van der Waals surface area contributed by atoms with E-state index in [2.05, 4.69) is 16.0 Å². The lowest BCUT2D eigenvalue weighted by atomic mass is 10.1. The van der Waals surface area contributed by atoms with Gasteiger partial charge in [0, 0.05) is 19.6 Å². The van der Waals surface area contributed by atoms with E-state index in [1.165, 1.54) is 31.2 Å². The third-order valence-corrected chi connectivity index (χ3v) is 3.78. The Bertz CT molecular complexity index is 437. The van der Waals surface area contributed by atoms with Crippen molar-refractivity contribution in [3.8, 4) is 5.75 Å². The number of hydrogen-bond donors (Lipinski definition) is 1. The quantitative estimate of drug-likeness (QED) is 0.678. The van der Waals surface area contributed by atoms with Gasteiger partial charge in [-0.25, -0.2) is 0 Å². The summed E-state index contributed by atoms with van der Waals surface area (Å²) in [6.07, 6.45) is 5.93. The van der Waals surface area contributed by atoms with Crippen LogP contribution in [0.2, 0.25) is 0 Å². The van der Waals surface area contributed by atoms with E-state index < -0.39 is 0 Å². The minimum atomic E-state index is 0.696. The van der Waals surface area contributed by atoms with Gasteiger partial charge in [0.1, 0.15) is 5.75 Å². The average Bonchev–Trinajstić information content (AvgIpc) is 2.77. The van der Waals surface area contributed by atoms with Gasteiger partial charge in [0.05, 0.1) is 7.11 Å². The number of para-hydroxylation sites is 1. The summed E-state index contributed by atoms with van der Waals surface area (Å²) in [5.41, 5.74) is 7.28. The number of nitrogens with zero attached hydrogens (tertiary/aromatic N) is 2. The molecule has 110 valence electrons. The fraction of sp³-hybridized carbons (Fsp3) is 0.562. The Labute approximate surface area is 121 Å². The van der Waals surface area contributed by atoms with Gasteiger partial charge in [-0.15, -0.1) is 0 Å². The molecule has 0 radical (unpaired) electrons. The first-order valence-corrected chi connectivity index (χ1v) is 7.48. The number of guanidine groups is 1. The Morgan fingerprint density at radius 2 is 1.90 bits per heavy atom. The van der Waals surface area contributed by atoms with Crippen molar-refractivity contribution in [2.75, 3.05) is 26.7 Å². The van der Waals surface area contributed by atoms with Crippen molar-refractivity contribution in [1.29, 1.82) is 0 Å². The van der Waals surface area contributed by atoms with E-state index in [-0.39, 0.29) is 0 Å². The van der Waals surface area contributed by atoms with Crippen molar-refractivity contribution < 1.29 is 4.74 Å². The molecule has 0 atom stereocenters. The number of nitrogens with two attached hydrogens (primary N) is 1. The third-order valence-electron chi connectivity index (χ3n) is 3.78. The number of hydrogen-bond acceptors (Lipinski definition) is 2. The normalized spacial score (nSPS) is 16.9. The molecule has 1 aromatic rings. The highest BCUT2D eigenvalue weighted by atomic mass is 16.5. The summed E-state index contributed by atoms with van der Waals surface area (Å²) < 4.78 is 5.35. The van der Waals surface area contributed by atoms with Crippen molar-refractivity contribution in [3.05, 3.63) is 29.8 Å². The number of methoxy groups -OCH3 is 1. The van der Waals surface area contributed by atoms with Crippen LogP contribution in [0.15, 0.2) is 29.3 Å². The van der Waals surface area contributed by atoms with Crippen LogP contribution >= 0.6 is 0 Å². The van der Waals surface area contributed by atoms with Crippen molar-refractivity contribution in [1.82, 2.24) is 4.90 Å². The van der Waals surface area contributed by atoms with Gasteiger partial charge in [-0.1, -0.05) is 31.0 Å². The zero-order valence-corrected chi connectivity index (χ0v) is 12.3. The topological polar surface area (TPSA) is 50.9 Å². The van der Waals surface area contributed by atoms with Gasteiger partial charge < -0.3 is 15.4 Å². The number of ether oxygens (including phenoxy) is 1. The highest BCUT2D eigenvalue weighted by Gasteiger charge is 2.10. The zero-order valence-electron chi connectivity index (χ0n) is 12.3. The SMILES string of the molecule is COc1ccccc1CCN=C(N)N1CCCCCC1. The molecule has 4 heteroatoms. The minimum absolute atomic E-state index is 0.696. The van der Waals surface area contributed by atoms with Gasteiger partial charge in [-0.05, 0) is 30.9 Å². The summed E-state index contributed by atoms with van der Waals surface area (Å²) in [4.78, 5) is 6.74. The van der Waals surface area contributed by atoms with Crippen molar-refractivity contribution in [3.63, 3.8) is 0 Å². The van der Waals surface area contributed by atoms with Gasteiger partial charge >= 0.3 is 0 Å². The first kappa shape index (κ1) is 14.7. The summed E-state index contributed by atoms with van der Waals surface area (Å²) in [6.45, 7) is 2.80. The Balaban J connectivity index is 1.88. The summed E-state index contributed by atoms with van der Waals surface area (Å²) >= 11 is 0. The summed E-state index contributed by atoms with van der Waals surface area (Å²) in [5, 5.41) is 0. The molecule has 0 bridgehead atoms. The molecular formula is C16H25N3O. The zero-order chi connectivity index (χ0) is 14.2. The largest absolute Gasteiger partial charge is 0.496 e. The van der Waals surface area contributed by atoms with Crippen LogP contribution in [0.3, 0.4) is 0 Å². The minimum Gasteiger partial charge on any atom is -0.496 e. The molecule has 0 spiro atoms. The Kier molecular flexibility index (Phi) is 5.71. The molecule has 2 rings (SSSR count). The molecule has 4 nitrogen and oxygen atoms in total. The van der Waals surface area contributed by atoms with Gasteiger partial charge in [-0.2, -0.15) is 0 Å². The first-order chi connectivity index (χ1) is 9.81. The van der Waals surface area contributed by atoms with E-state index in [4.69, 9.17) is 10.5 Å². The maximum absolute atomic E-state index is 6.10. The smallest absolute Gasteiger partial charge is 0.191 e. The predicted molar refractivity (Wildman–Crippen MR) is 83.2 cm³/mol. The van der Waals surface area contributed by atoms with Crippen LogP contribution in [-0.4, -0.2) is 37.6 Å². The highest BCUT2D eigenvalue weighted by molar-refractivity contribution is 5.78. The molecule has 0 aromatic heterocycles. The fourth-order valence-electron chi connectivity index (χ4n) is 2.60. The van der Waals surface area contributed by atoms with Crippen LogP contribution in [0.1, 0.15) is 31.2 Å². The van der Waals surface area contributed by atoms with Crippen LogP contribution in [0.4, 0.5) is 0 Å². The summed E-state index contributed by atoms with van der Waals surface area (Å²) in [5.74, 6) is 1.62. The lowest BCUT2D eigenvalue weighted by Gasteiger charge is -2.21. The van der Waals surface area contributed by atoms with Crippen molar-refractivity contribution >= 4 is 5.96 Å². The van der Waals surface area contributed by atoms with Crippen molar-refractivity contribution in [2.24, 2.45) is 10.7 Å². The second-order valence-electron chi connectivity index (χ2n) is 5.20. The van der Waals surface area contributed by atoms with Crippen LogP contribution in [-0.2, 0) is 6.42 Å². The second-order valence-corrected chi connectivity index (χ2v) is 5.20. The van der Waals surface area contributed by atoms with E-state index in [1.807, 2.05) is 18.2 Å². The fourth-order valence-corrected chi connectivity index (χ4v) is 2.60. The molecule has 1 aliphatic heterocycles. The molecular weight excluding hydrogens is 250 g/mol. The van der Waals surface area contributed by atoms with E-state index in [9.17, 15) is 0 Å². The Morgan fingerprint density at radius 1 is 1.20 bits per heavy atom. The molecule has 2 N–H and O–H groups in total. The van der Waals surface area contributed by atoms with Gasteiger partial charge in [0.25, 0.3) is 0 Å². The Morgan fingerprint density at radius 3 is 2.60 bits per heavy atom. The molecule has 20 heavy (non-hydrogen) atoms. The van der Waals surface area contributed by atoms with E-state index in [0.29, 0.717) is 12.5 Å². The molecule has 0 saturated carbocycles. The summed E-state index contributed by atoms with van der Waals surface area (Å²) in [7, 11) is 1.70. The first-order valence-electron chi connectivity index (χ1n) is 7.48. The van der Waals surface area contributed by atoms with Gasteiger partial charge in [-0.3, -0.25) is 4.99 Å². The number of aliphatic imine (C=N–C) groups is 1. The molecule has 1 aliphatic rings. The maximum atomic E-state index is 6.10. The lowest BCUT2D eigenvalue weighted by Crippen LogP contribution is -2.38. The van der Waals surface area contributed by atoms with E-state index in [0.717, 1.165) is 25.3 Å². The molecule has 0 aliphatic carbocycles. The standard InChI is InChI=1S/C16H25N3O/c1-20-15-9-5-4-8-14(15)10-11-18-16(17)19-12-6-2-3-7-13-19/h4-5,8-9H,2-3,6-7,10-13H2,1H3,(H2,17,18). The molecule has 1 saturated heterocycles. The number of rotatable bonds is 4. The highest BCUT2D eigenvalue weighted by Crippen LogP contribution is 2.17.